The molecule has 0 saturated carbocycles. The first-order valence-electron chi connectivity index (χ1n) is 35.9. The van der Waals surface area contributed by atoms with E-state index in [2.05, 4.69) is 26.6 Å². The molecule has 0 spiro atoms. The van der Waals surface area contributed by atoms with Crippen LogP contribution < -0.4 is 31.7 Å². The van der Waals surface area contributed by atoms with E-state index in [0.29, 0.717) is 0 Å². The van der Waals surface area contributed by atoms with Gasteiger partial charge in [0.15, 0.2) is 44.0 Å². The summed E-state index contributed by atoms with van der Waals surface area (Å²) >= 11 is 0. The standard InChI is InChI=1S/C63H105N5O46/c1-17(78)65-31-22(82)5-63(62(97)98,113-51(31)35(84)23(83)7-70)114-54-38(87)26(10-73)103-61(47(54)96)109-49-28(12-75)105-57(34(42(49)91)68-20(4)81)112-53-39(88)30(15-100-55-32(66-18(2)79)40(89)36(85)24(8-71)101-55)107-60(46(53)95)108-48-27(11-74)104-56(33(41(48)90)67-19(3)80)111-52-37(86)25(9-72)102-59(45(52)94)110-50-29(13-76)106-58(44(93)43(50)92)99-14-21(6-69)64-16-77/h16,21-61,69-76,82-96H,5-15H2,1-4H3,(H,64,77)(H,65,78)(H,66,79)(H,67,80)(H,68,81)(H,97,98)/p-1/t21-,22+,23-,24-,25-,26-,27-,28-,29-,30-,31-,32-,33-,34-,35-,36-,37+,38+,39+,40-,41-,42-,43-,44-,45-,46-,47-,48-,49-,50-,51-,52+,53+,54+,55-,56+,57+,58-,59+,60+,61+,63+/m1/s1. The number of aliphatic carboxylic acids is 1. The smallest absolute Gasteiger partial charge is 0.217 e. The highest BCUT2D eigenvalue weighted by Crippen LogP contribution is 2.41. The van der Waals surface area contributed by atoms with Gasteiger partial charge in [0.05, 0.1) is 84.3 Å². The van der Waals surface area contributed by atoms with E-state index >= 15 is 0 Å². The van der Waals surface area contributed by atoms with Crippen molar-refractivity contribution in [1.82, 2.24) is 26.6 Å². The van der Waals surface area contributed by atoms with E-state index in [1.807, 2.05) is 0 Å². The summed E-state index contributed by atoms with van der Waals surface area (Å²) in [5.74, 6) is -9.54. The predicted octanol–water partition coefficient (Wildman–Crippen LogP) is -20.9. The van der Waals surface area contributed by atoms with Crippen molar-refractivity contribution in [2.24, 2.45) is 0 Å². The summed E-state index contributed by atoms with van der Waals surface area (Å²) in [7, 11) is 0. The Bertz CT molecular complexity index is 3060. The highest BCUT2D eigenvalue weighted by Gasteiger charge is 2.62. The molecule has 8 aliphatic rings. The maximum absolute atomic E-state index is 13.2. The Hall–Kier alpha value is -4.74. The maximum atomic E-state index is 13.2. The number of amides is 5. The Labute approximate surface area is 645 Å². The highest BCUT2D eigenvalue weighted by molar-refractivity contribution is 5.76. The molecular weight excluding hydrogens is 1560 g/mol. The van der Waals surface area contributed by atoms with Gasteiger partial charge in [0, 0.05) is 34.1 Å². The molecule has 0 aliphatic carbocycles. The van der Waals surface area contributed by atoms with Gasteiger partial charge in [0.2, 0.25) is 35.8 Å². The fraction of sp³-hybridized carbons (Fsp3) is 0.905. The Balaban J connectivity index is 1.07. The van der Waals surface area contributed by atoms with Crippen LogP contribution in [0.2, 0.25) is 0 Å². The molecule has 51 heteroatoms. The molecule has 0 unspecified atom stereocenters. The first-order chi connectivity index (χ1) is 53.9. The van der Waals surface area contributed by atoms with Crippen LogP contribution in [0, 0.1) is 0 Å². The predicted molar refractivity (Wildman–Crippen MR) is 349 cm³/mol. The van der Waals surface area contributed by atoms with Crippen LogP contribution in [0.3, 0.4) is 0 Å². The van der Waals surface area contributed by atoms with Gasteiger partial charge in [0.1, 0.15) is 195 Å². The second kappa shape index (κ2) is 42.0. The van der Waals surface area contributed by atoms with E-state index in [0.717, 1.165) is 27.7 Å². The number of aliphatic hydroxyl groups excluding tert-OH is 23. The van der Waals surface area contributed by atoms with Gasteiger partial charge in [-0.2, -0.15) is 0 Å². The van der Waals surface area contributed by atoms with Crippen molar-refractivity contribution in [2.45, 2.75) is 291 Å². The zero-order chi connectivity index (χ0) is 84.4. The molecule has 0 aromatic heterocycles. The number of hydrogen-bond donors (Lipinski definition) is 28. The molecule has 42 atom stereocenters. The number of hydrogen-bond acceptors (Lipinski definition) is 46. The van der Waals surface area contributed by atoms with Crippen molar-refractivity contribution in [1.29, 1.82) is 0 Å². The lowest BCUT2D eigenvalue weighted by molar-refractivity contribution is -0.411. The number of carboxylic acid groups (broad SMARTS) is 1. The number of aliphatic hydroxyl groups is 23. The lowest BCUT2D eigenvalue weighted by Crippen LogP contribution is -2.72. The highest BCUT2D eigenvalue weighted by atomic mass is 16.8. The fourth-order valence-electron chi connectivity index (χ4n) is 14.3. The fourth-order valence-corrected chi connectivity index (χ4v) is 14.3. The number of carbonyl (C=O) groups excluding carboxylic acids is 6. The van der Waals surface area contributed by atoms with E-state index in [1.54, 1.807) is 0 Å². The summed E-state index contributed by atoms with van der Waals surface area (Å²) < 4.78 is 93.5. The third-order valence-corrected chi connectivity index (χ3v) is 20.2. The third-order valence-electron chi connectivity index (χ3n) is 20.2. The lowest BCUT2D eigenvalue weighted by Gasteiger charge is -2.52. The molecule has 51 nitrogen and oxygen atoms in total. The summed E-state index contributed by atoms with van der Waals surface area (Å²) in [5, 5.41) is 280. The van der Waals surface area contributed by atoms with Gasteiger partial charge in [-0.25, -0.2) is 0 Å². The minimum atomic E-state index is -3.40. The molecular formula is C63H104N5O46-. The summed E-state index contributed by atoms with van der Waals surface area (Å²) in [5.41, 5.74) is 0. The Kier molecular flexibility index (Phi) is 34.9. The van der Waals surface area contributed by atoms with Gasteiger partial charge >= 0.3 is 0 Å². The SMILES string of the molecule is CC(=O)N[C@H]1[C@H](O[C@H]2[C@@H](O)[C@@H](CO)O[C@@H](O[C@H]3[C@H](O)[C@@H](O)[C@H](OC[C@@H](CO)NC=O)O[C@@H]3CO)[C@@H]2O)O[C@H](CO)[C@@H](O[C@@H]2O[C@H](CO[C@@H]3O[C@H](CO)[C@@H](O)[C@H](O)[C@H]3NC(C)=O)[C@H](O)[C@H](O[C@@H]3O[C@H](CO)[C@@H](O[C@@H]4O[C@H](CO)[C@H](O)[C@H](O[C@]5(C(=O)[O-])C[C@H](O)[C@@H](NC(C)=O)[C@H]([C@H](O)[C@H](O)CO)O5)[C@H]4O)[C@H](O)[C@H]3NC(C)=O)[C@H]2O)[C@@H]1O. The zero-order valence-corrected chi connectivity index (χ0v) is 61.2. The van der Waals surface area contributed by atoms with E-state index in [1.165, 1.54) is 0 Å². The molecule has 8 heterocycles. The number of carbonyl (C=O) groups is 6. The van der Waals surface area contributed by atoms with E-state index in [9.17, 15) is 151 Å². The molecule has 8 fully saturated rings. The van der Waals surface area contributed by atoms with Crippen LogP contribution in [-0.4, -0.2) is 477 Å². The van der Waals surface area contributed by atoms with Crippen molar-refractivity contribution in [3.8, 4) is 0 Å². The van der Waals surface area contributed by atoms with Gasteiger partial charge in [-0.15, -0.1) is 0 Å². The van der Waals surface area contributed by atoms with Crippen molar-refractivity contribution < 1.29 is 227 Å². The number of ether oxygens (including phenoxy) is 16. The van der Waals surface area contributed by atoms with Crippen molar-refractivity contribution in [3.63, 3.8) is 0 Å². The van der Waals surface area contributed by atoms with Crippen LogP contribution in [0.15, 0.2) is 0 Å². The lowest BCUT2D eigenvalue weighted by atomic mass is 9.88. The van der Waals surface area contributed by atoms with Crippen LogP contribution >= 0.6 is 0 Å². The zero-order valence-electron chi connectivity index (χ0n) is 61.2. The molecule has 0 bridgehead atoms. The van der Waals surface area contributed by atoms with Crippen LogP contribution in [0.4, 0.5) is 0 Å². The van der Waals surface area contributed by atoms with Crippen LogP contribution in [0.1, 0.15) is 34.1 Å². The normalized spacial score (nSPS) is 44.9. The largest absolute Gasteiger partial charge is 0.544 e. The van der Waals surface area contributed by atoms with Crippen LogP contribution in [-0.2, 0) is 105 Å². The average Bonchev–Trinajstić information content (AvgIpc) is 0.754. The molecule has 0 radical (unpaired) electrons. The number of carboxylic acids is 1. The Morgan fingerprint density at radius 3 is 1.20 bits per heavy atom. The van der Waals surface area contributed by atoms with E-state index in [-0.39, 0.29) is 6.41 Å². The summed E-state index contributed by atoms with van der Waals surface area (Å²) in [4.78, 5) is 75.0. The molecule has 8 saturated heterocycles. The van der Waals surface area contributed by atoms with E-state index < -0.39 is 359 Å². The van der Waals surface area contributed by atoms with Gasteiger partial charge < -0.3 is 230 Å². The van der Waals surface area contributed by atoms with Crippen molar-refractivity contribution in [3.05, 3.63) is 0 Å². The van der Waals surface area contributed by atoms with Gasteiger partial charge in [-0.1, -0.05) is 0 Å². The van der Waals surface area contributed by atoms with Gasteiger partial charge in [-0.05, 0) is 0 Å². The van der Waals surface area contributed by atoms with Gasteiger partial charge in [0.25, 0.3) is 0 Å². The van der Waals surface area contributed by atoms with Crippen molar-refractivity contribution >= 4 is 36.0 Å². The molecule has 8 rings (SSSR count). The molecule has 114 heavy (non-hydrogen) atoms. The molecule has 0 aromatic carbocycles. The molecule has 0 aromatic rings. The summed E-state index contributed by atoms with van der Waals surface area (Å²) in [6.45, 7) is -6.48. The first kappa shape index (κ1) is 94.7. The maximum Gasteiger partial charge on any atom is 0.217 e. The topological polar surface area (TPSA) is 799 Å². The Morgan fingerprint density at radius 2 is 0.781 bits per heavy atom. The van der Waals surface area contributed by atoms with Crippen LogP contribution in [0.5, 0.6) is 0 Å². The summed E-state index contributed by atoms with van der Waals surface area (Å²) in [6, 6.07) is -8.56. The molecule has 658 valence electrons. The number of nitrogens with one attached hydrogen (secondary N) is 5. The minimum Gasteiger partial charge on any atom is -0.544 e. The monoisotopic (exact) mass is 1670 g/mol. The minimum absolute atomic E-state index is 0.244. The number of rotatable bonds is 35. The van der Waals surface area contributed by atoms with E-state index in [4.69, 9.17) is 75.8 Å². The Morgan fingerprint density at radius 1 is 0.412 bits per heavy atom. The van der Waals surface area contributed by atoms with Crippen molar-refractivity contribution in [2.75, 3.05) is 66.1 Å². The first-order valence-corrected chi connectivity index (χ1v) is 35.9. The quantitative estimate of drug-likeness (QED) is 0.0262. The molecule has 28 N–H and O–H groups in total. The average molecular weight is 1670 g/mol. The second-order valence-electron chi connectivity index (χ2n) is 28.2. The summed E-state index contributed by atoms with van der Waals surface area (Å²) in [6.07, 6.45) is -77.8. The van der Waals surface area contributed by atoms with Crippen LogP contribution in [0.25, 0.3) is 0 Å². The second-order valence-corrected chi connectivity index (χ2v) is 28.2. The molecule has 8 aliphatic heterocycles. The molecule has 5 amide bonds. The third kappa shape index (κ3) is 21.5. The van der Waals surface area contributed by atoms with Gasteiger partial charge in [-0.3, -0.25) is 24.0 Å².